The molecule has 0 amide bonds. The Morgan fingerprint density at radius 1 is 0.955 bits per heavy atom. The maximum Gasteiger partial charge on any atom is 0.0237 e. The Morgan fingerprint density at radius 2 is 1.77 bits per heavy atom. The van der Waals surface area contributed by atoms with E-state index in [0.717, 1.165) is 18.5 Å². The van der Waals surface area contributed by atoms with E-state index in [-0.39, 0.29) is 0 Å². The van der Waals surface area contributed by atoms with Crippen LogP contribution in [-0.4, -0.2) is 17.5 Å². The molecule has 5 rings (SSSR count). The summed E-state index contributed by atoms with van der Waals surface area (Å²) >= 11 is 0. The van der Waals surface area contributed by atoms with Crippen molar-refractivity contribution in [1.82, 2.24) is 4.90 Å². The van der Waals surface area contributed by atoms with Crippen LogP contribution in [0.2, 0.25) is 0 Å². The fraction of sp³-hybridized carbons (Fsp3) is 0.429. The number of fused-ring (bicyclic) bond motifs is 2. The van der Waals surface area contributed by atoms with Crippen LogP contribution in [0.5, 0.6) is 0 Å². The predicted molar refractivity (Wildman–Crippen MR) is 92.0 cm³/mol. The van der Waals surface area contributed by atoms with Gasteiger partial charge in [0.2, 0.25) is 0 Å². The summed E-state index contributed by atoms with van der Waals surface area (Å²) in [5, 5.41) is 0. The molecule has 1 nitrogen and oxygen atoms in total. The normalized spacial score (nSPS) is 24.6. The fourth-order valence-corrected chi connectivity index (χ4v) is 4.34. The summed E-state index contributed by atoms with van der Waals surface area (Å²) in [4.78, 5) is 2.75. The molecule has 1 fully saturated rings. The topological polar surface area (TPSA) is 3.24 Å². The van der Waals surface area contributed by atoms with Gasteiger partial charge in [-0.3, -0.25) is 4.90 Å². The first-order valence-corrected chi connectivity index (χ1v) is 8.64. The van der Waals surface area contributed by atoms with Gasteiger partial charge in [-0.25, -0.2) is 0 Å². The van der Waals surface area contributed by atoms with Gasteiger partial charge in [-0.2, -0.15) is 0 Å². The second-order valence-corrected chi connectivity index (χ2v) is 7.19. The van der Waals surface area contributed by atoms with Crippen molar-refractivity contribution in [3.63, 3.8) is 0 Å². The summed E-state index contributed by atoms with van der Waals surface area (Å²) in [6.45, 7) is 4.58. The Kier molecular flexibility index (Phi) is 3.75. The Labute approximate surface area is 134 Å². The fourth-order valence-electron chi connectivity index (χ4n) is 4.34. The molecule has 2 atom stereocenters. The molecule has 0 saturated carbocycles. The first-order valence-electron chi connectivity index (χ1n) is 8.64. The molecule has 2 heterocycles. The van der Waals surface area contributed by atoms with Crippen molar-refractivity contribution in [2.75, 3.05) is 6.54 Å². The molecule has 2 aromatic rings. The maximum absolute atomic E-state index is 2.75. The first-order chi connectivity index (χ1) is 10.8. The lowest BCUT2D eigenvalue weighted by Crippen LogP contribution is -2.46. The Bertz CT molecular complexity index is 660. The molecular formula is C21H25N. The molecule has 2 aromatic carbocycles. The smallest absolute Gasteiger partial charge is 0.0237 e. The van der Waals surface area contributed by atoms with Gasteiger partial charge < -0.3 is 0 Å². The molecule has 3 aliphatic rings. The molecule has 0 unspecified atom stereocenters. The van der Waals surface area contributed by atoms with Gasteiger partial charge in [0.1, 0.15) is 0 Å². The van der Waals surface area contributed by atoms with E-state index in [1.807, 2.05) is 0 Å². The molecule has 1 aliphatic carbocycles. The summed E-state index contributed by atoms with van der Waals surface area (Å²) in [7, 11) is 0. The van der Waals surface area contributed by atoms with Gasteiger partial charge in [0, 0.05) is 19.1 Å². The van der Waals surface area contributed by atoms with Gasteiger partial charge in [0.05, 0.1) is 0 Å². The van der Waals surface area contributed by atoms with Crippen LogP contribution in [0.15, 0.2) is 48.5 Å². The number of rotatable bonds is 2. The molecule has 114 valence electrons. The summed E-state index contributed by atoms with van der Waals surface area (Å²) < 4.78 is 0. The SMILES string of the molecule is Cc1cccc(CN2C[C@H]3CC[C@@H]2Cc2ccccc2C3)c1. The van der Waals surface area contributed by atoms with Gasteiger partial charge in [-0.15, -0.1) is 0 Å². The quantitative estimate of drug-likeness (QED) is 0.794. The lowest BCUT2D eigenvalue weighted by Gasteiger charge is -2.42. The van der Waals surface area contributed by atoms with E-state index in [2.05, 4.69) is 60.4 Å². The molecule has 1 saturated heterocycles. The van der Waals surface area contributed by atoms with Crippen molar-refractivity contribution in [2.24, 2.45) is 5.92 Å². The lowest BCUT2D eigenvalue weighted by molar-refractivity contribution is 0.0938. The van der Waals surface area contributed by atoms with Crippen LogP contribution in [0.1, 0.15) is 35.1 Å². The monoisotopic (exact) mass is 291 g/mol. The average Bonchev–Trinajstić information content (AvgIpc) is 2.48. The highest BCUT2D eigenvalue weighted by Gasteiger charge is 2.31. The molecule has 0 N–H and O–H groups in total. The summed E-state index contributed by atoms with van der Waals surface area (Å²) in [5.41, 5.74) is 6.04. The molecule has 2 aliphatic heterocycles. The zero-order valence-electron chi connectivity index (χ0n) is 13.5. The first kappa shape index (κ1) is 14.0. The molecule has 22 heavy (non-hydrogen) atoms. The molecule has 0 spiro atoms. The third-order valence-electron chi connectivity index (χ3n) is 5.47. The van der Waals surface area contributed by atoms with Crippen molar-refractivity contribution in [3.8, 4) is 0 Å². The van der Waals surface area contributed by atoms with E-state index < -0.39 is 0 Å². The van der Waals surface area contributed by atoms with Gasteiger partial charge in [0.25, 0.3) is 0 Å². The van der Waals surface area contributed by atoms with Crippen molar-refractivity contribution in [2.45, 2.75) is 45.2 Å². The summed E-state index contributed by atoms with van der Waals surface area (Å²) in [6.07, 6.45) is 5.27. The molecule has 2 bridgehead atoms. The highest BCUT2D eigenvalue weighted by molar-refractivity contribution is 5.30. The predicted octanol–water partition coefficient (Wildman–Crippen LogP) is 4.37. The Morgan fingerprint density at radius 3 is 2.59 bits per heavy atom. The summed E-state index contributed by atoms with van der Waals surface area (Å²) in [6, 6.07) is 18.9. The van der Waals surface area contributed by atoms with Crippen molar-refractivity contribution in [3.05, 3.63) is 70.8 Å². The molecule has 0 radical (unpaired) electrons. The van der Waals surface area contributed by atoms with Crippen molar-refractivity contribution in [1.29, 1.82) is 0 Å². The minimum Gasteiger partial charge on any atom is -0.296 e. The van der Waals surface area contributed by atoms with Crippen molar-refractivity contribution >= 4 is 0 Å². The van der Waals surface area contributed by atoms with Crippen LogP contribution < -0.4 is 0 Å². The second-order valence-electron chi connectivity index (χ2n) is 7.19. The van der Waals surface area contributed by atoms with Crippen LogP contribution in [0.3, 0.4) is 0 Å². The number of hydrogen-bond donors (Lipinski definition) is 0. The van der Waals surface area contributed by atoms with Crippen LogP contribution in [0.4, 0.5) is 0 Å². The number of hydrogen-bond acceptors (Lipinski definition) is 1. The van der Waals surface area contributed by atoms with Crippen LogP contribution in [0.25, 0.3) is 0 Å². The second kappa shape index (κ2) is 5.89. The Balaban J connectivity index is 1.58. The van der Waals surface area contributed by atoms with E-state index in [0.29, 0.717) is 0 Å². The van der Waals surface area contributed by atoms with E-state index in [1.165, 1.54) is 43.4 Å². The van der Waals surface area contributed by atoms with Gasteiger partial charge in [-0.1, -0.05) is 54.1 Å². The number of nitrogens with zero attached hydrogens (tertiary/aromatic N) is 1. The third-order valence-corrected chi connectivity index (χ3v) is 5.47. The summed E-state index contributed by atoms with van der Waals surface area (Å²) in [5.74, 6) is 0.836. The number of benzene rings is 2. The lowest BCUT2D eigenvalue weighted by atomic mass is 9.80. The van der Waals surface area contributed by atoms with E-state index in [4.69, 9.17) is 0 Å². The minimum atomic E-state index is 0.721. The number of piperidine rings is 1. The number of aryl methyl sites for hydroxylation is 1. The maximum atomic E-state index is 2.75. The highest BCUT2D eigenvalue weighted by Crippen LogP contribution is 2.33. The van der Waals surface area contributed by atoms with E-state index in [1.54, 1.807) is 11.1 Å². The molecule has 0 aromatic heterocycles. The molecular weight excluding hydrogens is 266 g/mol. The zero-order valence-corrected chi connectivity index (χ0v) is 13.5. The standard InChI is InChI=1S/C21H25N/c1-16-5-4-6-17(11-16)14-22-15-18-9-10-21(22)13-20-8-3-2-7-19(20)12-18/h2-8,11,18,21H,9-10,12-15H2,1H3/t18-,21+/m0/s1. The van der Waals surface area contributed by atoms with Gasteiger partial charge >= 0.3 is 0 Å². The Hall–Kier alpha value is -1.60. The third kappa shape index (κ3) is 2.83. The van der Waals surface area contributed by atoms with Crippen LogP contribution >= 0.6 is 0 Å². The van der Waals surface area contributed by atoms with E-state index >= 15 is 0 Å². The van der Waals surface area contributed by atoms with E-state index in [9.17, 15) is 0 Å². The van der Waals surface area contributed by atoms with Crippen molar-refractivity contribution < 1.29 is 0 Å². The molecule has 1 heteroatoms. The van der Waals surface area contributed by atoms with Crippen LogP contribution in [0, 0.1) is 12.8 Å². The largest absolute Gasteiger partial charge is 0.296 e. The van der Waals surface area contributed by atoms with Gasteiger partial charge in [-0.05, 0) is 55.2 Å². The van der Waals surface area contributed by atoms with Crippen LogP contribution in [-0.2, 0) is 19.4 Å². The average molecular weight is 291 g/mol. The van der Waals surface area contributed by atoms with Gasteiger partial charge in [0.15, 0.2) is 0 Å². The highest BCUT2D eigenvalue weighted by atomic mass is 15.2. The zero-order chi connectivity index (χ0) is 14.9. The minimum absolute atomic E-state index is 0.721.